The van der Waals surface area contributed by atoms with Gasteiger partial charge in [-0.3, -0.25) is 0 Å². The molecule has 0 spiro atoms. The molecule has 2 aromatic rings. The summed E-state index contributed by atoms with van der Waals surface area (Å²) in [4.78, 5) is 4.15. The van der Waals surface area contributed by atoms with Crippen molar-refractivity contribution in [1.82, 2.24) is 9.36 Å². The highest BCUT2D eigenvalue weighted by Crippen LogP contribution is 2.35. The Morgan fingerprint density at radius 2 is 2.12 bits per heavy atom. The average Bonchev–Trinajstić information content (AvgIpc) is 2.80. The van der Waals surface area contributed by atoms with Gasteiger partial charge in [0.25, 0.3) is 0 Å². The molecule has 1 atom stereocenters. The first-order chi connectivity index (χ1) is 7.79. The van der Waals surface area contributed by atoms with Gasteiger partial charge in [-0.15, -0.1) is 0 Å². The van der Waals surface area contributed by atoms with Crippen molar-refractivity contribution in [1.29, 1.82) is 0 Å². The fourth-order valence-corrected chi connectivity index (χ4v) is 3.20. The highest BCUT2D eigenvalue weighted by molar-refractivity contribution is 9.10. The summed E-state index contributed by atoms with van der Waals surface area (Å²) < 4.78 is 6.01. The van der Waals surface area contributed by atoms with E-state index in [1.165, 1.54) is 17.1 Å². The third kappa shape index (κ3) is 3.04. The lowest BCUT2D eigenvalue weighted by Crippen LogP contribution is -2.09. The van der Waals surface area contributed by atoms with Crippen LogP contribution < -0.4 is 5.73 Å². The molecule has 0 amide bonds. The fourth-order valence-electron chi connectivity index (χ4n) is 1.27. The molecule has 6 heteroatoms. The molecule has 0 saturated carbocycles. The van der Waals surface area contributed by atoms with Crippen LogP contribution in [0.25, 0.3) is 0 Å². The number of halogens is 1. The number of rotatable bonds is 4. The Balaban J connectivity index is 2.13. The van der Waals surface area contributed by atoms with Crippen LogP contribution in [0.2, 0.25) is 0 Å². The van der Waals surface area contributed by atoms with Gasteiger partial charge in [0.05, 0.1) is 0 Å². The minimum absolute atomic E-state index is 0.237. The Kier molecular flexibility index (Phi) is 4.34. The van der Waals surface area contributed by atoms with Crippen molar-refractivity contribution in [3.8, 4) is 0 Å². The van der Waals surface area contributed by atoms with Crippen LogP contribution in [-0.4, -0.2) is 15.9 Å². The zero-order chi connectivity index (χ0) is 11.4. The summed E-state index contributed by atoms with van der Waals surface area (Å²) in [6.07, 6.45) is 1.57. The van der Waals surface area contributed by atoms with Crippen LogP contribution in [0.15, 0.2) is 39.4 Å². The molecule has 0 aliphatic rings. The predicted molar refractivity (Wildman–Crippen MR) is 71.7 cm³/mol. The highest BCUT2D eigenvalue weighted by Gasteiger charge is 2.13. The van der Waals surface area contributed by atoms with Crippen molar-refractivity contribution < 1.29 is 0 Å². The van der Waals surface area contributed by atoms with Crippen molar-refractivity contribution in [2.45, 2.75) is 9.59 Å². The fraction of sp³-hybridized carbons (Fsp3) is 0.200. The van der Waals surface area contributed by atoms with Crippen LogP contribution in [0, 0.1) is 0 Å². The molecule has 1 unspecified atom stereocenters. The number of benzene rings is 1. The summed E-state index contributed by atoms with van der Waals surface area (Å²) in [5.41, 5.74) is 7.00. The monoisotopic (exact) mass is 315 g/mol. The van der Waals surface area contributed by atoms with Gasteiger partial charge >= 0.3 is 0 Å². The number of hydrogen-bond acceptors (Lipinski definition) is 5. The minimum atomic E-state index is 0.237. The second-order valence-electron chi connectivity index (χ2n) is 3.10. The van der Waals surface area contributed by atoms with E-state index in [1.807, 2.05) is 12.1 Å². The third-order valence-corrected chi connectivity index (χ3v) is 4.60. The predicted octanol–water partition coefficient (Wildman–Crippen LogP) is 3.09. The zero-order valence-corrected chi connectivity index (χ0v) is 11.6. The molecule has 3 nitrogen and oxygen atoms in total. The molecule has 0 radical (unpaired) electrons. The van der Waals surface area contributed by atoms with E-state index in [4.69, 9.17) is 5.73 Å². The number of thioether (sulfide) groups is 1. The van der Waals surface area contributed by atoms with Gasteiger partial charge in [-0.1, -0.05) is 39.8 Å². The maximum Gasteiger partial charge on any atom is 0.170 e. The number of aromatic nitrogens is 2. The summed E-state index contributed by atoms with van der Waals surface area (Å²) in [6.45, 7) is 0.589. The largest absolute Gasteiger partial charge is 0.329 e. The lowest BCUT2D eigenvalue weighted by molar-refractivity contribution is 0.939. The summed E-state index contributed by atoms with van der Waals surface area (Å²) in [5.74, 6) is 0. The van der Waals surface area contributed by atoms with E-state index in [0.717, 1.165) is 8.81 Å². The smallest absolute Gasteiger partial charge is 0.170 e. The van der Waals surface area contributed by atoms with E-state index in [0.29, 0.717) is 6.54 Å². The molecular formula is C10H10BrN3S2. The molecule has 84 valence electrons. The molecule has 0 fully saturated rings. The van der Waals surface area contributed by atoms with Gasteiger partial charge < -0.3 is 5.73 Å². The maximum atomic E-state index is 5.78. The third-order valence-electron chi connectivity index (χ3n) is 2.04. The van der Waals surface area contributed by atoms with Crippen LogP contribution in [0.1, 0.15) is 10.8 Å². The molecule has 0 aliphatic carbocycles. The summed E-state index contributed by atoms with van der Waals surface area (Å²) >= 11 is 6.48. The number of nitrogens with two attached hydrogens (primary N) is 1. The van der Waals surface area contributed by atoms with Crippen LogP contribution in [-0.2, 0) is 0 Å². The van der Waals surface area contributed by atoms with Gasteiger partial charge in [0.1, 0.15) is 6.33 Å². The molecule has 0 bridgehead atoms. The lowest BCUT2D eigenvalue weighted by Gasteiger charge is -2.12. The van der Waals surface area contributed by atoms with Crippen molar-refractivity contribution in [3.05, 3.63) is 40.6 Å². The van der Waals surface area contributed by atoms with Gasteiger partial charge in [-0.2, -0.15) is 4.37 Å². The van der Waals surface area contributed by atoms with Gasteiger partial charge in [0, 0.05) is 16.3 Å². The molecule has 1 aromatic heterocycles. The molecule has 2 rings (SSSR count). The first kappa shape index (κ1) is 12.0. The Hall–Kier alpha value is -0.430. The summed E-state index contributed by atoms with van der Waals surface area (Å²) in [6, 6.07) is 8.21. The van der Waals surface area contributed by atoms with Crippen LogP contribution in [0.4, 0.5) is 0 Å². The summed E-state index contributed by atoms with van der Waals surface area (Å²) in [7, 11) is 0. The van der Waals surface area contributed by atoms with Crippen molar-refractivity contribution >= 4 is 39.2 Å². The minimum Gasteiger partial charge on any atom is -0.329 e. The standard InChI is InChI=1S/C10H10BrN3S2/c11-8-3-1-7(2-4-8)9(5-12)15-10-13-6-14-16-10/h1-4,6,9H,5,12H2. The van der Waals surface area contributed by atoms with Gasteiger partial charge in [-0.25, -0.2) is 4.98 Å². The molecule has 0 saturated heterocycles. The Bertz CT molecular complexity index is 430. The average molecular weight is 316 g/mol. The highest BCUT2D eigenvalue weighted by atomic mass is 79.9. The molecule has 0 aliphatic heterocycles. The van der Waals surface area contributed by atoms with E-state index in [2.05, 4.69) is 37.4 Å². The van der Waals surface area contributed by atoms with Crippen LogP contribution in [0.3, 0.4) is 0 Å². The number of hydrogen-bond donors (Lipinski definition) is 1. The van der Waals surface area contributed by atoms with Crippen molar-refractivity contribution in [2.75, 3.05) is 6.54 Å². The molecule has 2 N–H and O–H groups in total. The molecule has 16 heavy (non-hydrogen) atoms. The summed E-state index contributed by atoms with van der Waals surface area (Å²) in [5, 5.41) is 0.237. The van der Waals surface area contributed by atoms with E-state index >= 15 is 0 Å². The van der Waals surface area contributed by atoms with E-state index < -0.39 is 0 Å². The molecular weight excluding hydrogens is 306 g/mol. The zero-order valence-electron chi connectivity index (χ0n) is 8.34. The quantitative estimate of drug-likeness (QED) is 0.881. The Labute approximate surface area is 111 Å². The SMILES string of the molecule is NCC(Sc1ncns1)c1ccc(Br)cc1. The van der Waals surface area contributed by atoms with Crippen LogP contribution >= 0.6 is 39.2 Å². The van der Waals surface area contributed by atoms with Gasteiger partial charge in [0.15, 0.2) is 4.34 Å². The van der Waals surface area contributed by atoms with Crippen molar-refractivity contribution in [3.63, 3.8) is 0 Å². The van der Waals surface area contributed by atoms with E-state index in [1.54, 1.807) is 18.1 Å². The van der Waals surface area contributed by atoms with Crippen molar-refractivity contribution in [2.24, 2.45) is 5.73 Å². The molecule has 1 aromatic carbocycles. The lowest BCUT2D eigenvalue weighted by atomic mass is 10.1. The van der Waals surface area contributed by atoms with E-state index in [-0.39, 0.29) is 5.25 Å². The topological polar surface area (TPSA) is 51.8 Å². The first-order valence-corrected chi connectivity index (χ1v) is 7.13. The molecule has 1 heterocycles. The first-order valence-electron chi connectivity index (χ1n) is 4.68. The van der Waals surface area contributed by atoms with Gasteiger partial charge in [-0.05, 0) is 29.2 Å². The Morgan fingerprint density at radius 1 is 1.38 bits per heavy atom. The normalized spacial score (nSPS) is 12.6. The van der Waals surface area contributed by atoms with Gasteiger partial charge in [0.2, 0.25) is 0 Å². The second-order valence-corrected chi connectivity index (χ2v) is 6.25. The second kappa shape index (κ2) is 5.77. The Morgan fingerprint density at radius 3 is 2.69 bits per heavy atom. The number of nitrogens with zero attached hydrogens (tertiary/aromatic N) is 2. The van der Waals surface area contributed by atoms with Crippen LogP contribution in [0.5, 0.6) is 0 Å². The van der Waals surface area contributed by atoms with E-state index in [9.17, 15) is 0 Å². The maximum absolute atomic E-state index is 5.78.